The number of anilines is 2. The maximum absolute atomic E-state index is 13.3. The minimum atomic E-state index is -4.54. The Balaban J connectivity index is 1.66. The molecule has 0 radical (unpaired) electrons. The van der Waals surface area contributed by atoms with E-state index in [1.54, 1.807) is 12.1 Å². The summed E-state index contributed by atoms with van der Waals surface area (Å²) in [4.78, 5) is 3.88. The molecule has 0 fully saturated rings. The summed E-state index contributed by atoms with van der Waals surface area (Å²) in [5, 5.41) is 3.57. The van der Waals surface area contributed by atoms with Gasteiger partial charge in [0, 0.05) is 22.8 Å². The van der Waals surface area contributed by atoms with E-state index >= 15 is 0 Å². The summed E-state index contributed by atoms with van der Waals surface area (Å²) in [7, 11) is 0. The summed E-state index contributed by atoms with van der Waals surface area (Å²) in [6.45, 7) is 0. The average molecular weight is 439 g/mol. The molecule has 0 aliphatic carbocycles. The molecule has 2 aromatic carbocycles. The molecule has 4 aromatic rings. The van der Waals surface area contributed by atoms with Crippen molar-refractivity contribution >= 4 is 33.1 Å². The minimum absolute atomic E-state index is 0.183. The summed E-state index contributed by atoms with van der Waals surface area (Å²) >= 11 is 1.06. The predicted molar refractivity (Wildman–Crippen MR) is 103 cm³/mol. The Labute approximate surface area is 170 Å². The van der Waals surface area contributed by atoms with Crippen LogP contribution in [0.15, 0.2) is 60.8 Å². The van der Waals surface area contributed by atoms with Gasteiger partial charge in [-0.1, -0.05) is 6.07 Å². The number of fused-ring (bicyclic) bond motifs is 1. The van der Waals surface area contributed by atoms with Crippen LogP contribution < -0.4 is 5.32 Å². The van der Waals surface area contributed by atoms with Gasteiger partial charge in [0.05, 0.1) is 21.5 Å². The number of benzene rings is 2. The molecule has 0 spiro atoms. The maximum atomic E-state index is 13.3. The zero-order valence-electron chi connectivity index (χ0n) is 14.8. The van der Waals surface area contributed by atoms with Gasteiger partial charge >= 0.3 is 12.4 Å². The highest BCUT2D eigenvalue weighted by Crippen LogP contribution is 2.38. The molecule has 2 heterocycles. The summed E-state index contributed by atoms with van der Waals surface area (Å²) < 4.78 is 82.7. The van der Waals surface area contributed by atoms with Gasteiger partial charge in [-0.3, -0.25) is 4.98 Å². The van der Waals surface area contributed by atoms with E-state index in [-0.39, 0.29) is 5.69 Å². The van der Waals surface area contributed by atoms with Crippen LogP contribution in [-0.4, -0.2) is 9.36 Å². The lowest BCUT2D eigenvalue weighted by Gasteiger charge is -2.11. The average Bonchev–Trinajstić information content (AvgIpc) is 3.09. The molecule has 0 bridgehead atoms. The van der Waals surface area contributed by atoms with Crippen LogP contribution in [-0.2, 0) is 12.4 Å². The van der Waals surface area contributed by atoms with Crippen LogP contribution in [0.4, 0.5) is 37.8 Å². The molecule has 0 saturated heterocycles. The van der Waals surface area contributed by atoms with Crippen molar-refractivity contribution in [2.75, 3.05) is 5.32 Å². The molecule has 2 aromatic heterocycles. The molecule has 0 aliphatic rings. The number of halogens is 6. The number of alkyl halides is 6. The number of nitrogens with zero attached hydrogens (tertiary/aromatic N) is 2. The first-order valence-electron chi connectivity index (χ1n) is 8.49. The predicted octanol–water partition coefficient (Wildman–Crippen LogP) is 7.14. The first kappa shape index (κ1) is 20.1. The van der Waals surface area contributed by atoms with Gasteiger partial charge in [0.15, 0.2) is 5.82 Å². The first-order chi connectivity index (χ1) is 14.1. The van der Waals surface area contributed by atoms with Crippen molar-refractivity contribution in [3.8, 4) is 11.3 Å². The van der Waals surface area contributed by atoms with Crippen LogP contribution in [0.3, 0.4) is 0 Å². The van der Waals surface area contributed by atoms with Crippen molar-refractivity contribution in [3.63, 3.8) is 0 Å². The molecule has 30 heavy (non-hydrogen) atoms. The van der Waals surface area contributed by atoms with Crippen LogP contribution >= 0.6 is 11.5 Å². The van der Waals surface area contributed by atoms with Gasteiger partial charge in [-0.25, -0.2) is 0 Å². The van der Waals surface area contributed by atoms with E-state index in [0.717, 1.165) is 29.7 Å². The molecule has 154 valence electrons. The van der Waals surface area contributed by atoms with Crippen molar-refractivity contribution in [2.24, 2.45) is 0 Å². The van der Waals surface area contributed by atoms with E-state index in [1.165, 1.54) is 30.5 Å². The highest BCUT2D eigenvalue weighted by atomic mass is 32.1. The van der Waals surface area contributed by atoms with E-state index < -0.39 is 23.5 Å². The molecule has 0 unspecified atom stereocenters. The smallest absolute Gasteiger partial charge is 0.339 e. The summed E-state index contributed by atoms with van der Waals surface area (Å²) in [6.07, 6.45) is -7.68. The summed E-state index contributed by atoms with van der Waals surface area (Å²) in [5.74, 6) is 0.401. The fourth-order valence-electron chi connectivity index (χ4n) is 2.92. The number of aromatic nitrogens is 2. The highest BCUT2D eigenvalue weighted by molar-refractivity contribution is 7.13. The zero-order valence-corrected chi connectivity index (χ0v) is 15.7. The Morgan fingerprint density at radius 3 is 2.23 bits per heavy atom. The van der Waals surface area contributed by atoms with Gasteiger partial charge in [-0.05, 0) is 60.1 Å². The number of rotatable bonds is 3. The second-order valence-corrected chi connectivity index (χ2v) is 7.14. The molecule has 10 heteroatoms. The third-order valence-corrected chi connectivity index (χ3v) is 5.14. The van der Waals surface area contributed by atoms with Crippen LogP contribution in [0.2, 0.25) is 0 Å². The standard InChI is InChI=1S/C20H11F6N3S/c21-19(22,23)12-4-6-13(7-5-12)28-18-14-8-3-11(10-16(14)30-29-18)17-15(20(24,25)26)2-1-9-27-17/h1-10H,(H,28,29). The topological polar surface area (TPSA) is 37.8 Å². The largest absolute Gasteiger partial charge is 0.418 e. The Kier molecular flexibility index (Phi) is 4.89. The van der Waals surface area contributed by atoms with Crippen molar-refractivity contribution in [2.45, 2.75) is 12.4 Å². The van der Waals surface area contributed by atoms with Gasteiger partial charge in [0.2, 0.25) is 0 Å². The third-order valence-electron chi connectivity index (χ3n) is 4.33. The van der Waals surface area contributed by atoms with Gasteiger partial charge in [0.25, 0.3) is 0 Å². The molecule has 0 aliphatic heterocycles. The first-order valence-corrected chi connectivity index (χ1v) is 9.26. The molecule has 0 saturated carbocycles. The number of hydrogen-bond acceptors (Lipinski definition) is 4. The van der Waals surface area contributed by atoms with Crippen molar-refractivity contribution in [3.05, 3.63) is 71.9 Å². The molecule has 1 N–H and O–H groups in total. The lowest BCUT2D eigenvalue weighted by atomic mass is 10.0. The SMILES string of the molecule is FC(F)(F)c1ccc(Nc2nsc3cc(-c4ncccc4C(F)(F)F)ccc23)cc1. The Bertz CT molecular complexity index is 1200. The molecular formula is C20H11F6N3S. The third kappa shape index (κ3) is 3.95. The lowest BCUT2D eigenvalue weighted by molar-refractivity contribution is -0.138. The number of hydrogen-bond donors (Lipinski definition) is 1. The fraction of sp³-hybridized carbons (Fsp3) is 0.100. The maximum Gasteiger partial charge on any atom is 0.418 e. The van der Waals surface area contributed by atoms with Crippen LogP contribution in [0.25, 0.3) is 21.3 Å². The normalized spacial score (nSPS) is 12.3. The fourth-order valence-corrected chi connectivity index (χ4v) is 3.69. The van der Waals surface area contributed by atoms with Crippen LogP contribution in [0.1, 0.15) is 11.1 Å². The number of pyridine rings is 1. The second-order valence-electron chi connectivity index (χ2n) is 6.34. The lowest BCUT2D eigenvalue weighted by Crippen LogP contribution is -2.08. The van der Waals surface area contributed by atoms with Crippen LogP contribution in [0.5, 0.6) is 0 Å². The molecular weight excluding hydrogens is 428 g/mol. The summed E-state index contributed by atoms with van der Waals surface area (Å²) in [6, 6.07) is 11.3. The van der Waals surface area contributed by atoms with Gasteiger partial charge in [-0.2, -0.15) is 30.7 Å². The van der Waals surface area contributed by atoms with E-state index in [2.05, 4.69) is 14.7 Å². The van der Waals surface area contributed by atoms with E-state index in [4.69, 9.17) is 0 Å². The highest BCUT2D eigenvalue weighted by Gasteiger charge is 2.34. The quantitative estimate of drug-likeness (QED) is 0.345. The molecule has 0 atom stereocenters. The van der Waals surface area contributed by atoms with E-state index in [9.17, 15) is 26.3 Å². The summed E-state index contributed by atoms with van der Waals surface area (Å²) in [5.41, 5.74) is -1.09. The second kappa shape index (κ2) is 7.28. The van der Waals surface area contributed by atoms with Gasteiger partial charge < -0.3 is 5.32 Å². The Hall–Kier alpha value is -3.14. The van der Waals surface area contributed by atoms with E-state index in [1.807, 2.05) is 0 Å². The molecule has 3 nitrogen and oxygen atoms in total. The van der Waals surface area contributed by atoms with Crippen molar-refractivity contribution in [1.29, 1.82) is 0 Å². The molecule has 0 amide bonds. The Morgan fingerprint density at radius 1 is 0.833 bits per heavy atom. The number of nitrogens with one attached hydrogen (secondary N) is 1. The van der Waals surface area contributed by atoms with Crippen molar-refractivity contribution in [1.82, 2.24) is 9.36 Å². The van der Waals surface area contributed by atoms with Crippen LogP contribution in [0, 0.1) is 0 Å². The van der Waals surface area contributed by atoms with Crippen molar-refractivity contribution < 1.29 is 26.3 Å². The zero-order chi connectivity index (χ0) is 21.5. The van der Waals surface area contributed by atoms with Gasteiger partial charge in [0.1, 0.15) is 0 Å². The van der Waals surface area contributed by atoms with E-state index in [0.29, 0.717) is 27.2 Å². The van der Waals surface area contributed by atoms with Gasteiger partial charge in [-0.15, -0.1) is 0 Å². The Morgan fingerprint density at radius 2 is 1.57 bits per heavy atom. The monoisotopic (exact) mass is 439 g/mol. The molecule has 4 rings (SSSR count). The minimum Gasteiger partial charge on any atom is -0.339 e.